The molecule has 0 bridgehead atoms. The molecule has 0 saturated carbocycles. The molecule has 5 nitrogen and oxygen atoms in total. The van der Waals surface area contributed by atoms with Crippen LogP contribution in [0.15, 0.2) is 42.6 Å². The number of ether oxygens (including phenoxy) is 4. The molecule has 0 unspecified atom stereocenters. The minimum absolute atomic E-state index is 0.587. The third kappa shape index (κ3) is 3.80. The van der Waals surface area contributed by atoms with Crippen LogP contribution in [0.1, 0.15) is 33.4 Å². The van der Waals surface area contributed by atoms with Crippen LogP contribution in [-0.2, 0) is 0 Å². The van der Waals surface area contributed by atoms with E-state index < -0.39 is 0 Å². The fourth-order valence-corrected chi connectivity index (χ4v) is 4.10. The number of fused-ring (bicyclic) bond motifs is 4. The van der Waals surface area contributed by atoms with Crippen LogP contribution in [0.2, 0.25) is 0 Å². The van der Waals surface area contributed by atoms with Crippen LogP contribution in [-0.4, -0.2) is 26.4 Å². The third-order valence-electron chi connectivity index (χ3n) is 5.41. The molecule has 162 valence electrons. The summed E-state index contributed by atoms with van der Waals surface area (Å²) in [7, 11) is 0. The lowest BCUT2D eigenvalue weighted by Gasteiger charge is -2.14. The Morgan fingerprint density at radius 2 is 1.10 bits per heavy atom. The molecule has 0 aliphatic heterocycles. The van der Waals surface area contributed by atoms with Gasteiger partial charge < -0.3 is 18.9 Å². The molecule has 0 fully saturated rings. The lowest BCUT2D eigenvalue weighted by molar-refractivity contribution is -0.516. The molecule has 31 heavy (non-hydrogen) atoms. The highest BCUT2D eigenvalue weighted by atomic mass is 16.5. The highest BCUT2D eigenvalue weighted by molar-refractivity contribution is 6.00. The van der Waals surface area contributed by atoms with Gasteiger partial charge in [0.25, 0.3) is 0 Å². The summed E-state index contributed by atoms with van der Waals surface area (Å²) in [4.78, 5) is 0. The maximum atomic E-state index is 5.89. The second-order valence-corrected chi connectivity index (χ2v) is 7.31. The van der Waals surface area contributed by atoms with Crippen LogP contribution >= 0.6 is 0 Å². The predicted molar refractivity (Wildman–Crippen MR) is 124 cm³/mol. The molecule has 2 heterocycles. The summed E-state index contributed by atoms with van der Waals surface area (Å²) in [6.45, 7) is 12.4. The maximum Gasteiger partial charge on any atom is 0.219 e. The van der Waals surface area contributed by atoms with Gasteiger partial charge in [0.05, 0.1) is 37.2 Å². The van der Waals surface area contributed by atoms with Gasteiger partial charge in [0.1, 0.15) is 0 Å². The smallest absolute Gasteiger partial charge is 0.219 e. The van der Waals surface area contributed by atoms with Crippen molar-refractivity contribution in [3.8, 4) is 23.0 Å². The van der Waals surface area contributed by atoms with Crippen molar-refractivity contribution in [2.24, 2.45) is 0 Å². The van der Waals surface area contributed by atoms with Crippen LogP contribution in [0.4, 0.5) is 0 Å². The summed E-state index contributed by atoms with van der Waals surface area (Å²) in [5.74, 6) is 3.10. The molecule has 4 rings (SSSR count). The summed E-state index contributed by atoms with van der Waals surface area (Å²) < 4.78 is 25.6. The number of hydrogen-bond donors (Lipinski definition) is 0. The van der Waals surface area contributed by atoms with Crippen molar-refractivity contribution in [1.82, 2.24) is 0 Å². The largest absolute Gasteiger partial charge is 0.490 e. The molecule has 2 aromatic carbocycles. The maximum absolute atomic E-state index is 5.89. The first-order chi connectivity index (χ1) is 15.1. The number of benzene rings is 2. The number of aryl methyl sites for hydroxylation is 1. The van der Waals surface area contributed by atoms with Crippen molar-refractivity contribution < 1.29 is 23.3 Å². The lowest BCUT2D eigenvalue weighted by Crippen LogP contribution is -2.25. The molecule has 0 saturated heterocycles. The van der Waals surface area contributed by atoms with Crippen molar-refractivity contribution in [1.29, 1.82) is 0 Å². The highest BCUT2D eigenvalue weighted by Gasteiger charge is 2.19. The number of rotatable bonds is 8. The van der Waals surface area contributed by atoms with E-state index in [4.69, 9.17) is 18.9 Å². The first-order valence-corrected chi connectivity index (χ1v) is 11.0. The second kappa shape index (κ2) is 8.88. The van der Waals surface area contributed by atoms with Crippen molar-refractivity contribution >= 4 is 27.1 Å². The van der Waals surface area contributed by atoms with E-state index in [-0.39, 0.29) is 0 Å². The molecular weight excluding hydrogens is 390 g/mol. The van der Waals surface area contributed by atoms with E-state index in [0.29, 0.717) is 26.4 Å². The monoisotopic (exact) mass is 420 g/mol. The van der Waals surface area contributed by atoms with Crippen molar-refractivity contribution in [2.75, 3.05) is 26.4 Å². The Morgan fingerprint density at radius 1 is 0.613 bits per heavy atom. The van der Waals surface area contributed by atoms with Gasteiger partial charge in [0, 0.05) is 19.1 Å². The standard InChI is InChI=1S/C26H30NO4/c1-6-28-23-13-18-10-11-27-17(5)20-15-25(30-8-3)24(29-7-2)14-19(20)12-22(27)21(18)16-26(23)31-9-4/h10-16H,6-9H2,1-5H3/q+1. The Balaban J connectivity index is 2.02. The summed E-state index contributed by atoms with van der Waals surface area (Å²) >= 11 is 0. The van der Waals surface area contributed by atoms with Crippen LogP contribution in [0, 0.1) is 6.92 Å². The van der Waals surface area contributed by atoms with Gasteiger partial charge in [-0.3, -0.25) is 0 Å². The fraction of sp³-hybridized carbons (Fsp3) is 0.346. The average Bonchev–Trinajstić information content (AvgIpc) is 2.76. The topological polar surface area (TPSA) is 41.0 Å². The van der Waals surface area contributed by atoms with E-state index in [0.717, 1.165) is 55.8 Å². The van der Waals surface area contributed by atoms with Gasteiger partial charge in [-0.25, -0.2) is 0 Å². The number of pyridine rings is 2. The fourth-order valence-electron chi connectivity index (χ4n) is 4.10. The Morgan fingerprint density at radius 3 is 1.65 bits per heavy atom. The minimum Gasteiger partial charge on any atom is -0.490 e. The zero-order valence-corrected chi connectivity index (χ0v) is 19.0. The number of nitrogens with zero attached hydrogens (tertiary/aromatic N) is 1. The van der Waals surface area contributed by atoms with Crippen LogP contribution in [0.3, 0.4) is 0 Å². The van der Waals surface area contributed by atoms with Crippen molar-refractivity contribution in [3.63, 3.8) is 0 Å². The van der Waals surface area contributed by atoms with Crippen molar-refractivity contribution in [2.45, 2.75) is 34.6 Å². The molecular formula is C26H30NO4+. The normalized spacial score (nSPS) is 11.3. The molecule has 0 aliphatic carbocycles. The van der Waals surface area contributed by atoms with Crippen LogP contribution < -0.4 is 23.3 Å². The second-order valence-electron chi connectivity index (χ2n) is 7.31. The van der Waals surface area contributed by atoms with Gasteiger partial charge in [-0.15, -0.1) is 0 Å². The van der Waals surface area contributed by atoms with E-state index in [1.807, 2.05) is 27.7 Å². The Bertz CT molecular complexity index is 1250. The van der Waals surface area contributed by atoms with Gasteiger partial charge in [-0.2, -0.15) is 4.40 Å². The predicted octanol–water partition coefficient (Wildman–Crippen LogP) is 5.63. The molecule has 0 atom stereocenters. The van der Waals surface area contributed by atoms with Gasteiger partial charge in [0.15, 0.2) is 34.9 Å². The summed E-state index contributed by atoms with van der Waals surface area (Å²) in [6, 6.07) is 12.6. The first kappa shape index (κ1) is 21.0. The number of aromatic nitrogens is 1. The number of hydrogen-bond acceptors (Lipinski definition) is 4. The van der Waals surface area contributed by atoms with E-state index in [1.165, 1.54) is 0 Å². The molecule has 5 heteroatoms. The summed E-state index contributed by atoms with van der Waals surface area (Å²) in [6.07, 6.45) is 2.11. The van der Waals surface area contributed by atoms with Gasteiger partial charge in [0.2, 0.25) is 5.52 Å². The molecule has 0 aliphatic rings. The quantitative estimate of drug-likeness (QED) is 0.210. The van der Waals surface area contributed by atoms with E-state index in [1.54, 1.807) is 0 Å². The van der Waals surface area contributed by atoms with E-state index in [9.17, 15) is 0 Å². The molecule has 0 radical (unpaired) electrons. The van der Waals surface area contributed by atoms with Crippen LogP contribution in [0.25, 0.3) is 27.1 Å². The zero-order chi connectivity index (χ0) is 22.0. The van der Waals surface area contributed by atoms with E-state index >= 15 is 0 Å². The van der Waals surface area contributed by atoms with E-state index in [2.05, 4.69) is 53.9 Å². The molecule has 2 aromatic heterocycles. The Kier molecular flexibility index (Phi) is 6.03. The average molecular weight is 421 g/mol. The molecule has 4 aromatic rings. The molecule has 0 spiro atoms. The van der Waals surface area contributed by atoms with Crippen LogP contribution in [0.5, 0.6) is 23.0 Å². The molecule has 0 amide bonds. The van der Waals surface area contributed by atoms with Crippen molar-refractivity contribution in [3.05, 3.63) is 48.3 Å². The zero-order valence-electron chi connectivity index (χ0n) is 19.0. The Hall–Kier alpha value is -3.21. The SMILES string of the molecule is CCOc1cc2cc3c4cc(OCC)c(OCC)cc4cc[n+]3c(C)c2cc1OCC. The summed E-state index contributed by atoms with van der Waals surface area (Å²) in [5, 5.41) is 4.48. The third-order valence-corrected chi connectivity index (χ3v) is 5.41. The summed E-state index contributed by atoms with van der Waals surface area (Å²) in [5.41, 5.74) is 2.25. The lowest BCUT2D eigenvalue weighted by atomic mass is 10.0. The van der Waals surface area contributed by atoms with Gasteiger partial charge in [-0.1, -0.05) is 0 Å². The first-order valence-electron chi connectivity index (χ1n) is 11.0. The van der Waals surface area contributed by atoms with Gasteiger partial charge >= 0.3 is 0 Å². The highest BCUT2D eigenvalue weighted by Crippen LogP contribution is 2.37. The van der Waals surface area contributed by atoms with Gasteiger partial charge in [-0.05, 0) is 62.7 Å². The molecule has 0 N–H and O–H groups in total. The minimum atomic E-state index is 0.587. The Labute approximate surface area is 183 Å².